The van der Waals surface area contributed by atoms with Crippen LogP contribution in [0.1, 0.15) is 49.0 Å². The van der Waals surface area contributed by atoms with Crippen molar-refractivity contribution >= 4 is 22.8 Å². The molecule has 0 spiro atoms. The molecular weight excluding hydrogens is 368 g/mol. The molecule has 3 aromatic rings. The molecule has 1 fully saturated rings. The summed E-state index contributed by atoms with van der Waals surface area (Å²) < 4.78 is 13.1. The van der Waals surface area contributed by atoms with Crippen molar-refractivity contribution in [3.8, 4) is 5.75 Å². The molecule has 1 amide bonds. The standard InChI is InChI=1S/C22H26N4O3/c1-2-28-10-11-29-19-9-5-6-17(13-19)25-22(27)16-12-20-21(23-14-16)26(15-24-20)18-7-3-4-8-18/h5-6,9,12-15,18H,2-4,7-8,10-11H2,1H3,(H,25,27). The monoisotopic (exact) mass is 394 g/mol. The third-order valence-corrected chi connectivity index (χ3v) is 5.19. The van der Waals surface area contributed by atoms with E-state index in [0.29, 0.717) is 42.9 Å². The number of ether oxygens (including phenoxy) is 2. The zero-order chi connectivity index (χ0) is 20.1. The summed E-state index contributed by atoms with van der Waals surface area (Å²) >= 11 is 0. The van der Waals surface area contributed by atoms with Gasteiger partial charge < -0.3 is 19.4 Å². The molecule has 7 nitrogen and oxygen atoms in total. The smallest absolute Gasteiger partial charge is 0.257 e. The molecule has 1 aliphatic carbocycles. The maximum absolute atomic E-state index is 12.7. The van der Waals surface area contributed by atoms with Gasteiger partial charge in [0.1, 0.15) is 17.9 Å². The molecule has 1 N–H and O–H groups in total. The van der Waals surface area contributed by atoms with Crippen LogP contribution in [0.25, 0.3) is 11.2 Å². The molecule has 4 rings (SSSR count). The lowest BCUT2D eigenvalue weighted by molar-refractivity contribution is 0.102. The Bertz CT molecular complexity index is 979. The van der Waals surface area contributed by atoms with Crippen molar-refractivity contribution in [3.05, 3.63) is 48.4 Å². The molecular formula is C22H26N4O3. The van der Waals surface area contributed by atoms with Crippen molar-refractivity contribution in [1.82, 2.24) is 14.5 Å². The summed E-state index contributed by atoms with van der Waals surface area (Å²) in [6.07, 6.45) is 8.29. The first-order valence-electron chi connectivity index (χ1n) is 10.2. The van der Waals surface area contributed by atoms with Crippen LogP contribution in [0, 0.1) is 0 Å². The summed E-state index contributed by atoms with van der Waals surface area (Å²) in [5.74, 6) is 0.465. The van der Waals surface area contributed by atoms with Gasteiger partial charge in [-0.2, -0.15) is 0 Å². The number of nitrogens with one attached hydrogen (secondary N) is 1. The number of rotatable bonds is 8. The predicted octanol–water partition coefficient (Wildman–Crippen LogP) is 4.21. The zero-order valence-electron chi connectivity index (χ0n) is 16.6. The van der Waals surface area contributed by atoms with E-state index in [1.54, 1.807) is 18.3 Å². The number of hydrogen-bond acceptors (Lipinski definition) is 5. The topological polar surface area (TPSA) is 78.3 Å². The number of anilines is 1. The molecule has 2 aromatic heterocycles. The number of carbonyl (C=O) groups excluding carboxylic acids is 1. The van der Waals surface area contributed by atoms with E-state index in [-0.39, 0.29) is 5.91 Å². The van der Waals surface area contributed by atoms with Gasteiger partial charge in [-0.05, 0) is 38.0 Å². The lowest BCUT2D eigenvalue weighted by atomic mass is 10.2. The summed E-state index contributed by atoms with van der Waals surface area (Å²) in [5, 5.41) is 2.90. The molecule has 7 heteroatoms. The predicted molar refractivity (Wildman–Crippen MR) is 111 cm³/mol. The number of carbonyl (C=O) groups is 1. The second-order valence-corrected chi connectivity index (χ2v) is 7.18. The summed E-state index contributed by atoms with van der Waals surface area (Å²) in [5.41, 5.74) is 2.74. The van der Waals surface area contributed by atoms with Crippen LogP contribution in [-0.4, -0.2) is 40.3 Å². The number of amides is 1. The number of imidazole rings is 1. The third-order valence-electron chi connectivity index (χ3n) is 5.19. The molecule has 1 saturated carbocycles. The van der Waals surface area contributed by atoms with Crippen LogP contribution in [0.5, 0.6) is 5.75 Å². The molecule has 0 bridgehead atoms. The summed E-state index contributed by atoms with van der Waals surface area (Å²) in [7, 11) is 0. The van der Waals surface area contributed by atoms with Crippen LogP contribution in [0.2, 0.25) is 0 Å². The molecule has 0 radical (unpaired) electrons. The van der Waals surface area contributed by atoms with Crippen LogP contribution >= 0.6 is 0 Å². The maximum atomic E-state index is 12.7. The van der Waals surface area contributed by atoms with E-state index in [2.05, 4.69) is 19.9 Å². The fourth-order valence-corrected chi connectivity index (χ4v) is 3.72. The van der Waals surface area contributed by atoms with E-state index in [0.717, 1.165) is 11.2 Å². The van der Waals surface area contributed by atoms with E-state index in [9.17, 15) is 4.79 Å². The van der Waals surface area contributed by atoms with Crippen LogP contribution in [-0.2, 0) is 4.74 Å². The number of nitrogens with zero attached hydrogens (tertiary/aromatic N) is 3. The maximum Gasteiger partial charge on any atom is 0.257 e. The van der Waals surface area contributed by atoms with Gasteiger partial charge in [0.05, 0.1) is 18.5 Å². The first kappa shape index (κ1) is 19.4. The highest BCUT2D eigenvalue weighted by Gasteiger charge is 2.20. The molecule has 2 heterocycles. The Hall–Kier alpha value is -2.93. The second kappa shape index (κ2) is 9.05. The van der Waals surface area contributed by atoms with E-state index in [1.165, 1.54) is 25.7 Å². The average molecular weight is 394 g/mol. The highest BCUT2D eigenvalue weighted by molar-refractivity contribution is 6.05. The summed E-state index contributed by atoms with van der Waals surface area (Å²) in [6.45, 7) is 3.61. The minimum atomic E-state index is -0.221. The van der Waals surface area contributed by atoms with Crippen molar-refractivity contribution < 1.29 is 14.3 Å². The third kappa shape index (κ3) is 4.56. The number of benzene rings is 1. The van der Waals surface area contributed by atoms with Gasteiger partial charge in [0.25, 0.3) is 5.91 Å². The fourth-order valence-electron chi connectivity index (χ4n) is 3.72. The van der Waals surface area contributed by atoms with Gasteiger partial charge in [0.15, 0.2) is 5.65 Å². The van der Waals surface area contributed by atoms with E-state index in [1.807, 2.05) is 31.5 Å². The molecule has 1 aliphatic rings. The molecule has 0 saturated heterocycles. The van der Waals surface area contributed by atoms with Gasteiger partial charge in [0, 0.05) is 30.6 Å². The number of hydrogen-bond donors (Lipinski definition) is 1. The summed E-state index contributed by atoms with van der Waals surface area (Å²) in [6, 6.07) is 9.59. The van der Waals surface area contributed by atoms with Gasteiger partial charge in [-0.15, -0.1) is 0 Å². The van der Waals surface area contributed by atoms with Crippen LogP contribution < -0.4 is 10.1 Å². The van der Waals surface area contributed by atoms with Gasteiger partial charge in [-0.1, -0.05) is 18.9 Å². The highest BCUT2D eigenvalue weighted by Crippen LogP contribution is 2.31. The minimum Gasteiger partial charge on any atom is -0.491 e. The molecule has 152 valence electrons. The van der Waals surface area contributed by atoms with Crippen molar-refractivity contribution in [1.29, 1.82) is 0 Å². The highest BCUT2D eigenvalue weighted by atomic mass is 16.5. The van der Waals surface area contributed by atoms with Gasteiger partial charge in [-0.25, -0.2) is 9.97 Å². The quantitative estimate of drug-likeness (QED) is 0.579. The van der Waals surface area contributed by atoms with E-state index in [4.69, 9.17) is 9.47 Å². The molecule has 1 aromatic carbocycles. The number of pyridine rings is 1. The van der Waals surface area contributed by atoms with Crippen molar-refractivity contribution in [2.75, 3.05) is 25.1 Å². The second-order valence-electron chi connectivity index (χ2n) is 7.18. The first-order chi connectivity index (χ1) is 14.2. The van der Waals surface area contributed by atoms with Crippen molar-refractivity contribution in [2.24, 2.45) is 0 Å². The van der Waals surface area contributed by atoms with Crippen LogP contribution in [0.15, 0.2) is 42.9 Å². The zero-order valence-corrected chi connectivity index (χ0v) is 16.6. The summed E-state index contributed by atoms with van der Waals surface area (Å²) in [4.78, 5) is 21.7. The van der Waals surface area contributed by atoms with Crippen LogP contribution in [0.4, 0.5) is 5.69 Å². The Balaban J connectivity index is 1.43. The molecule has 0 aliphatic heterocycles. The van der Waals surface area contributed by atoms with Crippen molar-refractivity contribution in [2.45, 2.75) is 38.6 Å². The first-order valence-corrected chi connectivity index (χ1v) is 10.2. The van der Waals surface area contributed by atoms with Gasteiger partial charge in [0.2, 0.25) is 0 Å². The van der Waals surface area contributed by atoms with Gasteiger partial charge >= 0.3 is 0 Å². The minimum absolute atomic E-state index is 0.221. The normalized spacial score (nSPS) is 14.4. The number of fused-ring (bicyclic) bond motifs is 1. The van der Waals surface area contributed by atoms with Crippen LogP contribution in [0.3, 0.4) is 0 Å². The Kier molecular flexibility index (Phi) is 6.05. The Labute approximate surface area is 170 Å². The molecule has 0 atom stereocenters. The van der Waals surface area contributed by atoms with E-state index < -0.39 is 0 Å². The Morgan fingerprint density at radius 3 is 2.90 bits per heavy atom. The largest absolute Gasteiger partial charge is 0.491 e. The van der Waals surface area contributed by atoms with E-state index >= 15 is 0 Å². The Morgan fingerprint density at radius 1 is 1.21 bits per heavy atom. The van der Waals surface area contributed by atoms with Gasteiger partial charge in [-0.3, -0.25) is 4.79 Å². The lowest BCUT2D eigenvalue weighted by Gasteiger charge is -2.11. The Morgan fingerprint density at radius 2 is 2.07 bits per heavy atom. The molecule has 0 unspecified atom stereocenters. The lowest BCUT2D eigenvalue weighted by Crippen LogP contribution is -2.13. The number of aromatic nitrogens is 3. The average Bonchev–Trinajstić information content (AvgIpc) is 3.40. The SMILES string of the molecule is CCOCCOc1cccc(NC(=O)c2cnc3c(c2)ncn3C2CCCC2)c1. The van der Waals surface area contributed by atoms with Crippen molar-refractivity contribution in [3.63, 3.8) is 0 Å². The molecule has 29 heavy (non-hydrogen) atoms. The fraction of sp³-hybridized carbons (Fsp3) is 0.409.